The molecule has 0 bridgehead atoms. The summed E-state index contributed by atoms with van der Waals surface area (Å²) in [4.78, 5) is 15.2. The molecule has 3 nitrogen and oxygen atoms in total. The zero-order valence-electron chi connectivity index (χ0n) is 11.2. The molecule has 0 aliphatic heterocycles. The lowest BCUT2D eigenvalue weighted by molar-refractivity contribution is 0.0692. The molecule has 104 valence electrons. The highest BCUT2D eigenvalue weighted by Crippen LogP contribution is 2.21. The van der Waals surface area contributed by atoms with Crippen molar-refractivity contribution >= 4 is 17.7 Å². The van der Waals surface area contributed by atoms with Gasteiger partial charge in [0.25, 0.3) is 0 Å². The fourth-order valence-corrected chi connectivity index (χ4v) is 2.90. The van der Waals surface area contributed by atoms with Crippen molar-refractivity contribution in [1.29, 1.82) is 0 Å². The first-order valence-electron chi connectivity index (χ1n) is 6.62. The number of aromatic nitrogens is 1. The minimum atomic E-state index is -0.912. The van der Waals surface area contributed by atoms with Crippen molar-refractivity contribution in [3.63, 3.8) is 0 Å². The smallest absolute Gasteiger partial charge is 0.338 e. The highest BCUT2D eigenvalue weighted by molar-refractivity contribution is 7.99. The van der Waals surface area contributed by atoms with Gasteiger partial charge in [0.1, 0.15) is 5.03 Å². The van der Waals surface area contributed by atoms with Gasteiger partial charge >= 0.3 is 5.97 Å². The van der Waals surface area contributed by atoms with Crippen LogP contribution >= 0.6 is 11.8 Å². The van der Waals surface area contributed by atoms with Crippen molar-refractivity contribution < 1.29 is 9.90 Å². The Morgan fingerprint density at radius 2 is 1.90 bits per heavy atom. The Balaban J connectivity index is 1.75. The third kappa shape index (κ3) is 4.38. The van der Waals surface area contributed by atoms with Gasteiger partial charge in [0.2, 0.25) is 0 Å². The largest absolute Gasteiger partial charge is 0.478 e. The number of hydrogen-bond donors (Lipinski definition) is 1. The number of carboxylic acid groups (broad SMARTS) is 1. The summed E-state index contributed by atoms with van der Waals surface area (Å²) in [5.74, 6) is -0.0192. The Bertz CT molecular complexity index is 557. The Morgan fingerprint density at radius 1 is 1.10 bits per heavy atom. The predicted molar refractivity (Wildman–Crippen MR) is 81.3 cm³/mol. The lowest BCUT2D eigenvalue weighted by Gasteiger charge is -2.04. The molecule has 0 amide bonds. The van der Waals surface area contributed by atoms with E-state index in [0.29, 0.717) is 10.6 Å². The molecule has 0 fully saturated rings. The van der Waals surface area contributed by atoms with Gasteiger partial charge < -0.3 is 5.11 Å². The quantitative estimate of drug-likeness (QED) is 0.620. The number of benzene rings is 1. The number of pyridine rings is 1. The lowest BCUT2D eigenvalue weighted by atomic mass is 10.1. The molecular weight excluding hydrogens is 270 g/mol. The maximum absolute atomic E-state index is 11.0. The SMILES string of the molecule is O=C(O)c1cccnc1SCCCCc1ccccc1. The van der Waals surface area contributed by atoms with Crippen molar-refractivity contribution in [2.75, 3.05) is 5.75 Å². The first-order valence-corrected chi connectivity index (χ1v) is 7.61. The van der Waals surface area contributed by atoms with Crippen molar-refractivity contribution in [1.82, 2.24) is 4.98 Å². The minimum Gasteiger partial charge on any atom is -0.478 e. The third-order valence-corrected chi connectivity index (χ3v) is 4.03. The Hall–Kier alpha value is -1.81. The summed E-state index contributed by atoms with van der Waals surface area (Å²) in [6, 6.07) is 13.6. The molecule has 0 atom stereocenters. The second-order valence-electron chi connectivity index (χ2n) is 4.45. The molecule has 0 unspecified atom stereocenters. The van der Waals surface area contributed by atoms with Gasteiger partial charge in [-0.05, 0) is 42.7 Å². The zero-order valence-corrected chi connectivity index (χ0v) is 12.0. The van der Waals surface area contributed by atoms with Crippen LogP contribution in [0.3, 0.4) is 0 Å². The Labute approximate surface area is 123 Å². The van der Waals surface area contributed by atoms with Crippen LogP contribution in [0.4, 0.5) is 0 Å². The standard InChI is InChI=1S/C16H17NO2S/c18-16(19)14-10-6-11-17-15(14)20-12-5-4-9-13-7-2-1-3-8-13/h1-3,6-8,10-11H,4-5,9,12H2,(H,18,19). The second kappa shape index (κ2) is 7.70. The molecule has 0 aliphatic rings. The van der Waals surface area contributed by atoms with E-state index in [9.17, 15) is 4.79 Å². The molecule has 0 saturated heterocycles. The van der Waals surface area contributed by atoms with Gasteiger partial charge in [0, 0.05) is 6.20 Å². The van der Waals surface area contributed by atoms with Crippen LogP contribution in [0.5, 0.6) is 0 Å². The molecule has 0 saturated carbocycles. The molecule has 4 heteroatoms. The van der Waals surface area contributed by atoms with Gasteiger partial charge in [-0.2, -0.15) is 0 Å². The number of rotatable bonds is 7. The first-order chi connectivity index (χ1) is 9.77. The average molecular weight is 287 g/mol. The molecule has 2 aromatic rings. The zero-order chi connectivity index (χ0) is 14.2. The van der Waals surface area contributed by atoms with E-state index in [1.54, 1.807) is 18.3 Å². The van der Waals surface area contributed by atoms with Gasteiger partial charge in [-0.3, -0.25) is 0 Å². The first kappa shape index (κ1) is 14.6. The van der Waals surface area contributed by atoms with Crippen LogP contribution in [-0.2, 0) is 6.42 Å². The van der Waals surface area contributed by atoms with E-state index >= 15 is 0 Å². The summed E-state index contributed by atoms with van der Waals surface area (Å²) in [5.41, 5.74) is 1.64. The average Bonchev–Trinajstić information content (AvgIpc) is 2.48. The number of thioether (sulfide) groups is 1. The van der Waals surface area contributed by atoms with Gasteiger partial charge in [-0.25, -0.2) is 9.78 Å². The fourth-order valence-electron chi connectivity index (χ4n) is 1.91. The number of aryl methyl sites for hydroxylation is 1. The van der Waals surface area contributed by atoms with Crippen LogP contribution in [0, 0.1) is 0 Å². The van der Waals surface area contributed by atoms with Crippen molar-refractivity contribution in [2.45, 2.75) is 24.3 Å². The van der Waals surface area contributed by atoms with Crippen molar-refractivity contribution in [2.24, 2.45) is 0 Å². The number of hydrogen-bond acceptors (Lipinski definition) is 3. The van der Waals surface area contributed by atoms with Crippen molar-refractivity contribution in [3.05, 3.63) is 59.8 Å². The summed E-state index contributed by atoms with van der Waals surface area (Å²) in [5, 5.41) is 9.67. The fraction of sp³-hybridized carbons (Fsp3) is 0.250. The van der Waals surface area contributed by atoms with E-state index < -0.39 is 5.97 Å². The minimum absolute atomic E-state index is 0.292. The molecule has 0 radical (unpaired) electrons. The van der Waals surface area contributed by atoms with Crippen LogP contribution in [0.15, 0.2) is 53.7 Å². The van der Waals surface area contributed by atoms with Gasteiger partial charge in [-0.15, -0.1) is 11.8 Å². The molecule has 2 rings (SSSR count). The second-order valence-corrected chi connectivity index (χ2v) is 5.54. The molecule has 1 N–H and O–H groups in total. The molecule has 1 aromatic carbocycles. The van der Waals surface area contributed by atoms with E-state index in [4.69, 9.17) is 5.11 Å². The summed E-state index contributed by atoms with van der Waals surface area (Å²) in [7, 11) is 0. The highest BCUT2D eigenvalue weighted by atomic mass is 32.2. The number of carboxylic acids is 1. The predicted octanol–water partition coefficient (Wildman–Crippen LogP) is 3.89. The van der Waals surface area contributed by atoms with Gasteiger partial charge in [-0.1, -0.05) is 30.3 Å². The maximum Gasteiger partial charge on any atom is 0.338 e. The molecular formula is C16H17NO2S. The highest BCUT2D eigenvalue weighted by Gasteiger charge is 2.10. The Kier molecular flexibility index (Phi) is 5.62. The van der Waals surface area contributed by atoms with E-state index in [1.807, 2.05) is 6.07 Å². The van der Waals surface area contributed by atoms with Crippen LogP contribution < -0.4 is 0 Å². The van der Waals surface area contributed by atoms with Crippen LogP contribution in [0.25, 0.3) is 0 Å². The van der Waals surface area contributed by atoms with Crippen molar-refractivity contribution in [3.8, 4) is 0 Å². The molecule has 0 aliphatic carbocycles. The number of aromatic carboxylic acids is 1. The normalized spacial score (nSPS) is 10.4. The van der Waals surface area contributed by atoms with E-state index in [1.165, 1.54) is 17.3 Å². The summed E-state index contributed by atoms with van der Waals surface area (Å²) in [6.07, 6.45) is 4.86. The van der Waals surface area contributed by atoms with Crippen LogP contribution in [0.1, 0.15) is 28.8 Å². The third-order valence-electron chi connectivity index (χ3n) is 2.94. The van der Waals surface area contributed by atoms with Gasteiger partial charge in [0.05, 0.1) is 5.56 Å². The van der Waals surface area contributed by atoms with E-state index in [2.05, 4.69) is 29.2 Å². The summed E-state index contributed by atoms with van der Waals surface area (Å²) < 4.78 is 0. The molecule has 20 heavy (non-hydrogen) atoms. The van der Waals surface area contributed by atoms with Crippen LogP contribution in [-0.4, -0.2) is 21.8 Å². The lowest BCUT2D eigenvalue weighted by Crippen LogP contribution is -2.00. The Morgan fingerprint density at radius 3 is 2.65 bits per heavy atom. The topological polar surface area (TPSA) is 50.2 Å². The number of unbranched alkanes of at least 4 members (excludes halogenated alkanes) is 1. The monoisotopic (exact) mass is 287 g/mol. The summed E-state index contributed by atoms with van der Waals surface area (Å²) in [6.45, 7) is 0. The number of nitrogens with zero attached hydrogens (tertiary/aromatic N) is 1. The molecule has 1 heterocycles. The van der Waals surface area contributed by atoms with Crippen LogP contribution in [0.2, 0.25) is 0 Å². The van der Waals surface area contributed by atoms with E-state index in [-0.39, 0.29) is 0 Å². The molecule has 1 aromatic heterocycles. The molecule has 0 spiro atoms. The summed E-state index contributed by atoms with van der Waals surface area (Å²) >= 11 is 1.52. The number of carbonyl (C=O) groups is 1. The van der Waals surface area contributed by atoms with E-state index in [0.717, 1.165) is 25.0 Å². The van der Waals surface area contributed by atoms with Gasteiger partial charge in [0.15, 0.2) is 0 Å². The maximum atomic E-state index is 11.0.